The number of aryl methyl sites for hydroxylation is 1. The number of piperazine rings is 1. The molecule has 122 valence electrons. The number of nitrogens with zero attached hydrogens (tertiary/aromatic N) is 5. The van der Waals surface area contributed by atoms with E-state index >= 15 is 0 Å². The molecule has 1 N–H and O–H groups in total. The Labute approximate surface area is 145 Å². The maximum absolute atomic E-state index is 4.62. The summed E-state index contributed by atoms with van der Waals surface area (Å²) in [5.41, 5.74) is 2.17. The largest absolute Gasteiger partial charge is 0.339 e. The number of anilines is 3. The van der Waals surface area contributed by atoms with Crippen LogP contribution in [0.1, 0.15) is 12.5 Å². The fraction of sp³-hybridized carbons (Fsp3) is 0.438. The molecular formula is C16H21BrN6. The van der Waals surface area contributed by atoms with Crippen LogP contribution in [0.4, 0.5) is 17.5 Å². The molecule has 1 saturated heterocycles. The Bertz CT molecular complexity index is 669. The molecule has 0 aliphatic carbocycles. The van der Waals surface area contributed by atoms with Crippen molar-refractivity contribution in [3.05, 3.63) is 34.4 Å². The third-order valence-electron chi connectivity index (χ3n) is 4.10. The van der Waals surface area contributed by atoms with Gasteiger partial charge in [-0.2, -0.15) is 10.1 Å². The summed E-state index contributed by atoms with van der Waals surface area (Å²) in [5.74, 6) is 1.42. The minimum atomic E-state index is 0.695. The quantitative estimate of drug-likeness (QED) is 0.885. The molecule has 1 aromatic carbocycles. The zero-order valence-electron chi connectivity index (χ0n) is 13.5. The van der Waals surface area contributed by atoms with Crippen LogP contribution < -0.4 is 10.2 Å². The third-order valence-corrected chi connectivity index (χ3v) is 4.59. The number of nitrogens with one attached hydrogen (secondary N) is 1. The van der Waals surface area contributed by atoms with Crippen molar-refractivity contribution < 1.29 is 0 Å². The predicted octanol–water partition coefficient (Wildman–Crippen LogP) is 2.83. The van der Waals surface area contributed by atoms with Gasteiger partial charge in [-0.05, 0) is 37.2 Å². The maximum atomic E-state index is 4.62. The number of benzene rings is 1. The molecule has 1 aliphatic heterocycles. The first kappa shape index (κ1) is 16.1. The van der Waals surface area contributed by atoms with Crippen LogP contribution in [0, 0.1) is 6.92 Å². The highest BCUT2D eigenvalue weighted by molar-refractivity contribution is 9.10. The molecule has 6 nitrogen and oxygen atoms in total. The van der Waals surface area contributed by atoms with Gasteiger partial charge < -0.3 is 15.1 Å². The summed E-state index contributed by atoms with van der Waals surface area (Å²) in [7, 11) is 0. The first-order chi connectivity index (χ1) is 11.2. The van der Waals surface area contributed by atoms with Crippen LogP contribution >= 0.6 is 15.9 Å². The maximum Gasteiger partial charge on any atom is 0.247 e. The van der Waals surface area contributed by atoms with Gasteiger partial charge in [0.1, 0.15) is 0 Å². The van der Waals surface area contributed by atoms with Crippen LogP contribution in [0.5, 0.6) is 0 Å². The monoisotopic (exact) mass is 376 g/mol. The number of likely N-dealkylation sites (N-methyl/N-ethyl adjacent to an activating group) is 1. The minimum Gasteiger partial charge on any atom is -0.339 e. The molecule has 0 spiro atoms. The van der Waals surface area contributed by atoms with E-state index in [1.165, 1.54) is 0 Å². The van der Waals surface area contributed by atoms with Crippen LogP contribution in [-0.4, -0.2) is 52.8 Å². The van der Waals surface area contributed by atoms with Gasteiger partial charge in [-0.15, -0.1) is 5.10 Å². The Morgan fingerprint density at radius 1 is 1.22 bits per heavy atom. The highest BCUT2D eigenvalue weighted by Gasteiger charge is 2.18. The summed E-state index contributed by atoms with van der Waals surface area (Å²) >= 11 is 3.48. The second kappa shape index (κ2) is 7.23. The van der Waals surface area contributed by atoms with E-state index in [1.807, 2.05) is 12.1 Å². The molecule has 2 aromatic rings. The summed E-state index contributed by atoms with van der Waals surface area (Å²) in [6.45, 7) is 9.32. The predicted molar refractivity (Wildman–Crippen MR) is 96.3 cm³/mol. The minimum absolute atomic E-state index is 0.695. The molecule has 0 saturated carbocycles. The van der Waals surface area contributed by atoms with Gasteiger partial charge >= 0.3 is 0 Å². The molecule has 2 heterocycles. The van der Waals surface area contributed by atoms with Crippen molar-refractivity contribution in [2.75, 3.05) is 42.9 Å². The first-order valence-corrected chi connectivity index (χ1v) is 8.65. The highest BCUT2D eigenvalue weighted by Crippen LogP contribution is 2.23. The van der Waals surface area contributed by atoms with Crippen molar-refractivity contribution >= 4 is 33.4 Å². The van der Waals surface area contributed by atoms with E-state index in [2.05, 4.69) is 66.1 Å². The number of hydrogen-bond acceptors (Lipinski definition) is 6. The van der Waals surface area contributed by atoms with Gasteiger partial charge in [0, 0.05) is 36.3 Å². The molecular weight excluding hydrogens is 356 g/mol. The van der Waals surface area contributed by atoms with Crippen LogP contribution in [0.25, 0.3) is 0 Å². The van der Waals surface area contributed by atoms with Crippen molar-refractivity contribution in [1.82, 2.24) is 20.1 Å². The lowest BCUT2D eigenvalue weighted by molar-refractivity contribution is 0.269. The van der Waals surface area contributed by atoms with E-state index in [4.69, 9.17) is 0 Å². The molecule has 7 heteroatoms. The second-order valence-electron chi connectivity index (χ2n) is 5.65. The average Bonchev–Trinajstić information content (AvgIpc) is 2.58. The van der Waals surface area contributed by atoms with Gasteiger partial charge in [0.25, 0.3) is 0 Å². The Kier molecular flexibility index (Phi) is 5.07. The average molecular weight is 377 g/mol. The molecule has 1 aromatic heterocycles. The fourth-order valence-electron chi connectivity index (χ4n) is 2.66. The van der Waals surface area contributed by atoms with Crippen molar-refractivity contribution in [1.29, 1.82) is 0 Å². The molecule has 3 rings (SSSR count). The molecule has 0 unspecified atom stereocenters. The number of rotatable bonds is 4. The molecule has 0 atom stereocenters. The number of halogens is 1. The van der Waals surface area contributed by atoms with Gasteiger partial charge in [0.2, 0.25) is 5.95 Å². The fourth-order valence-corrected chi connectivity index (χ4v) is 3.13. The summed E-state index contributed by atoms with van der Waals surface area (Å²) in [6.07, 6.45) is 1.66. The van der Waals surface area contributed by atoms with Gasteiger partial charge in [0.05, 0.1) is 6.20 Å². The highest BCUT2D eigenvalue weighted by atomic mass is 79.9. The summed E-state index contributed by atoms with van der Waals surface area (Å²) in [5, 5.41) is 11.6. The third kappa shape index (κ3) is 3.97. The zero-order chi connectivity index (χ0) is 16.2. The second-order valence-corrected chi connectivity index (χ2v) is 6.56. The normalized spacial score (nSPS) is 15.7. The van der Waals surface area contributed by atoms with Crippen LogP contribution in [0.15, 0.2) is 28.9 Å². The summed E-state index contributed by atoms with van der Waals surface area (Å²) in [4.78, 5) is 9.24. The SMILES string of the molecule is CCN1CCN(c2nncc(Nc3ccc(Br)cc3C)n2)CC1. The lowest BCUT2D eigenvalue weighted by Gasteiger charge is -2.33. The van der Waals surface area contributed by atoms with E-state index < -0.39 is 0 Å². The first-order valence-electron chi connectivity index (χ1n) is 7.86. The van der Waals surface area contributed by atoms with Crippen molar-refractivity contribution in [2.45, 2.75) is 13.8 Å². The molecule has 0 amide bonds. The number of aromatic nitrogens is 3. The summed E-state index contributed by atoms with van der Waals surface area (Å²) < 4.78 is 1.07. The van der Waals surface area contributed by atoms with Gasteiger partial charge in [0.15, 0.2) is 5.82 Å². The Morgan fingerprint density at radius 3 is 2.70 bits per heavy atom. The van der Waals surface area contributed by atoms with E-state index in [0.29, 0.717) is 5.95 Å². The van der Waals surface area contributed by atoms with Crippen molar-refractivity contribution in [2.24, 2.45) is 0 Å². The van der Waals surface area contributed by atoms with Crippen LogP contribution in [-0.2, 0) is 0 Å². The van der Waals surface area contributed by atoms with Gasteiger partial charge in [-0.3, -0.25) is 0 Å². The molecule has 0 bridgehead atoms. The van der Waals surface area contributed by atoms with E-state index in [0.717, 1.165) is 54.3 Å². The Morgan fingerprint density at radius 2 is 2.00 bits per heavy atom. The topological polar surface area (TPSA) is 57.2 Å². The Balaban J connectivity index is 1.72. The van der Waals surface area contributed by atoms with E-state index in [-0.39, 0.29) is 0 Å². The van der Waals surface area contributed by atoms with Crippen molar-refractivity contribution in [3.8, 4) is 0 Å². The molecule has 0 radical (unpaired) electrons. The van der Waals surface area contributed by atoms with Gasteiger partial charge in [-0.25, -0.2) is 0 Å². The smallest absolute Gasteiger partial charge is 0.247 e. The van der Waals surface area contributed by atoms with Crippen LogP contribution in [0.3, 0.4) is 0 Å². The lowest BCUT2D eigenvalue weighted by Crippen LogP contribution is -2.46. The van der Waals surface area contributed by atoms with E-state index in [9.17, 15) is 0 Å². The molecule has 1 fully saturated rings. The Hall–Kier alpha value is -1.73. The lowest BCUT2D eigenvalue weighted by atomic mass is 10.2. The van der Waals surface area contributed by atoms with Crippen molar-refractivity contribution in [3.63, 3.8) is 0 Å². The number of hydrogen-bond donors (Lipinski definition) is 1. The van der Waals surface area contributed by atoms with Gasteiger partial charge in [-0.1, -0.05) is 22.9 Å². The molecule has 1 aliphatic rings. The van der Waals surface area contributed by atoms with Crippen LogP contribution in [0.2, 0.25) is 0 Å². The summed E-state index contributed by atoms with van der Waals surface area (Å²) in [6, 6.07) is 6.11. The molecule has 23 heavy (non-hydrogen) atoms. The van der Waals surface area contributed by atoms with E-state index in [1.54, 1.807) is 6.20 Å². The zero-order valence-corrected chi connectivity index (χ0v) is 15.0. The standard InChI is InChI=1S/C16H21BrN6/c1-3-22-6-8-23(9-7-22)16-20-15(11-18-21-16)19-14-5-4-13(17)10-12(14)2/h4-5,10-11H,3,6-9H2,1-2H3,(H,19,20,21).